The van der Waals surface area contributed by atoms with Gasteiger partial charge < -0.3 is 9.47 Å². The van der Waals surface area contributed by atoms with Crippen LogP contribution >= 0.6 is 11.6 Å². The number of aromatic nitrogens is 1. The summed E-state index contributed by atoms with van der Waals surface area (Å²) in [4.78, 5) is 7.94. The number of nitrogens with zero attached hydrogens (tertiary/aromatic N) is 2. The molecular formula is C14H15ClN2O2. The van der Waals surface area contributed by atoms with Crippen LogP contribution in [0.15, 0.2) is 41.5 Å². The Kier molecular flexibility index (Phi) is 4.98. The molecule has 0 saturated carbocycles. The van der Waals surface area contributed by atoms with Crippen LogP contribution in [0.2, 0.25) is 0 Å². The first-order valence-corrected chi connectivity index (χ1v) is 6.48. The second-order valence-corrected chi connectivity index (χ2v) is 4.07. The summed E-state index contributed by atoms with van der Waals surface area (Å²) in [6, 6.07) is 9.85. The molecule has 5 heteroatoms. The van der Waals surface area contributed by atoms with Crippen molar-refractivity contribution in [2.24, 2.45) is 4.99 Å². The molecule has 0 N–H and O–H groups in total. The lowest BCUT2D eigenvalue weighted by atomic mass is 10.2. The van der Waals surface area contributed by atoms with Crippen LogP contribution in [-0.4, -0.2) is 30.1 Å². The topological polar surface area (TPSA) is 43.7 Å². The van der Waals surface area contributed by atoms with Gasteiger partial charge in [0, 0.05) is 11.6 Å². The lowest BCUT2D eigenvalue weighted by Crippen LogP contribution is -1.92. The van der Waals surface area contributed by atoms with Gasteiger partial charge >= 0.3 is 0 Å². The summed E-state index contributed by atoms with van der Waals surface area (Å²) in [5.41, 5.74) is 0.980. The Morgan fingerprint density at radius 3 is 2.84 bits per heavy atom. The summed E-state index contributed by atoms with van der Waals surface area (Å²) < 4.78 is 10.1. The highest BCUT2D eigenvalue weighted by Crippen LogP contribution is 2.23. The van der Waals surface area contributed by atoms with Crippen molar-refractivity contribution in [3.63, 3.8) is 0 Å². The largest absolute Gasteiger partial charge is 0.493 e. The van der Waals surface area contributed by atoms with Gasteiger partial charge in [0.25, 0.3) is 5.36 Å². The highest BCUT2D eigenvalue weighted by Gasteiger charge is 2.00. The van der Waals surface area contributed by atoms with Crippen molar-refractivity contribution in [1.82, 2.24) is 4.98 Å². The molecule has 0 aliphatic carbocycles. The number of halogens is 1. The maximum Gasteiger partial charge on any atom is 0.282 e. The van der Waals surface area contributed by atoms with Crippen molar-refractivity contribution in [2.75, 3.05) is 19.8 Å². The van der Waals surface area contributed by atoms with Gasteiger partial charge in [-0.3, -0.25) is 4.98 Å². The SMILES string of the molecule is CCOc1cccc2ncccc12.ClC1=NCCO1. The van der Waals surface area contributed by atoms with E-state index in [0.717, 1.165) is 23.2 Å². The average molecular weight is 279 g/mol. The third-order valence-electron chi connectivity index (χ3n) is 2.45. The molecule has 0 fully saturated rings. The Hall–Kier alpha value is -1.81. The predicted octanol–water partition coefficient (Wildman–Crippen LogP) is 3.24. The van der Waals surface area contributed by atoms with Crippen LogP contribution in [0.5, 0.6) is 5.75 Å². The lowest BCUT2D eigenvalue weighted by molar-refractivity contribution is 0.344. The molecule has 1 aliphatic rings. The fraction of sp³-hybridized carbons (Fsp3) is 0.286. The fourth-order valence-electron chi connectivity index (χ4n) is 1.67. The maximum atomic E-state index is 5.48. The Morgan fingerprint density at radius 1 is 1.32 bits per heavy atom. The number of rotatable bonds is 2. The van der Waals surface area contributed by atoms with E-state index in [2.05, 4.69) is 14.7 Å². The van der Waals surface area contributed by atoms with Gasteiger partial charge in [0.2, 0.25) is 0 Å². The maximum absolute atomic E-state index is 5.48. The number of hydrogen-bond donors (Lipinski definition) is 0. The van der Waals surface area contributed by atoms with Gasteiger partial charge in [-0.1, -0.05) is 6.07 Å². The van der Waals surface area contributed by atoms with E-state index >= 15 is 0 Å². The normalized spacial score (nSPS) is 13.3. The van der Waals surface area contributed by atoms with Gasteiger partial charge in [0.15, 0.2) is 0 Å². The minimum Gasteiger partial charge on any atom is -0.493 e. The molecule has 0 amide bonds. The van der Waals surface area contributed by atoms with Crippen LogP contribution in [-0.2, 0) is 4.74 Å². The van der Waals surface area contributed by atoms with Crippen molar-refractivity contribution in [3.8, 4) is 5.75 Å². The van der Waals surface area contributed by atoms with E-state index in [1.807, 2.05) is 37.3 Å². The number of benzene rings is 1. The minimum absolute atomic E-state index is 0.301. The molecule has 100 valence electrons. The number of pyridine rings is 1. The Labute approximate surface area is 117 Å². The molecule has 0 radical (unpaired) electrons. The Bertz CT molecular complexity index is 567. The van der Waals surface area contributed by atoms with Crippen molar-refractivity contribution in [2.45, 2.75) is 6.92 Å². The molecule has 0 saturated heterocycles. The van der Waals surface area contributed by atoms with Crippen molar-refractivity contribution in [1.29, 1.82) is 0 Å². The molecule has 1 aliphatic heterocycles. The monoisotopic (exact) mass is 278 g/mol. The van der Waals surface area contributed by atoms with Gasteiger partial charge in [-0.2, -0.15) is 0 Å². The van der Waals surface area contributed by atoms with Crippen LogP contribution in [0.3, 0.4) is 0 Å². The van der Waals surface area contributed by atoms with Crippen LogP contribution in [0.1, 0.15) is 6.92 Å². The first-order valence-electron chi connectivity index (χ1n) is 6.10. The zero-order valence-electron chi connectivity index (χ0n) is 10.7. The zero-order chi connectivity index (χ0) is 13.5. The smallest absolute Gasteiger partial charge is 0.282 e. The molecule has 0 spiro atoms. The van der Waals surface area contributed by atoms with Crippen molar-refractivity contribution < 1.29 is 9.47 Å². The number of aliphatic imine (C=N–C) groups is 1. The van der Waals surface area contributed by atoms with Crippen LogP contribution in [0.25, 0.3) is 10.9 Å². The fourth-order valence-corrected chi connectivity index (χ4v) is 1.83. The van der Waals surface area contributed by atoms with Crippen LogP contribution < -0.4 is 4.74 Å². The summed E-state index contributed by atoms with van der Waals surface area (Å²) in [7, 11) is 0. The number of ether oxygens (including phenoxy) is 2. The summed E-state index contributed by atoms with van der Waals surface area (Å²) in [6.07, 6.45) is 1.79. The van der Waals surface area contributed by atoms with E-state index < -0.39 is 0 Å². The van der Waals surface area contributed by atoms with Crippen molar-refractivity contribution in [3.05, 3.63) is 36.5 Å². The zero-order valence-corrected chi connectivity index (χ0v) is 11.4. The van der Waals surface area contributed by atoms with Crippen molar-refractivity contribution >= 4 is 27.9 Å². The van der Waals surface area contributed by atoms with Crippen LogP contribution in [0, 0.1) is 0 Å². The standard InChI is InChI=1S/C11H11NO.C3H4ClNO/c1-2-13-11-7-3-6-10-9(11)5-4-8-12-10;4-3-5-1-2-6-3/h3-8H,2H2,1H3;1-2H2. The van der Waals surface area contributed by atoms with E-state index in [4.69, 9.17) is 16.3 Å². The summed E-state index contributed by atoms with van der Waals surface area (Å²) in [6.45, 7) is 4.04. The molecule has 0 unspecified atom stereocenters. The van der Waals surface area contributed by atoms with E-state index in [1.54, 1.807) is 6.20 Å². The third-order valence-corrected chi connectivity index (χ3v) is 2.68. The van der Waals surface area contributed by atoms with Gasteiger partial charge in [-0.25, -0.2) is 4.99 Å². The molecule has 2 heterocycles. The molecule has 1 aromatic carbocycles. The average Bonchev–Trinajstić information content (AvgIpc) is 2.91. The summed E-state index contributed by atoms with van der Waals surface area (Å²) >= 11 is 5.24. The molecular weight excluding hydrogens is 264 g/mol. The number of fused-ring (bicyclic) bond motifs is 1. The third kappa shape index (κ3) is 3.83. The predicted molar refractivity (Wildman–Crippen MR) is 77.0 cm³/mol. The molecule has 1 aromatic heterocycles. The quantitative estimate of drug-likeness (QED) is 0.847. The molecule has 0 bridgehead atoms. The van der Waals surface area contributed by atoms with Gasteiger partial charge in [-0.15, -0.1) is 0 Å². The summed E-state index contributed by atoms with van der Waals surface area (Å²) in [5.74, 6) is 0.910. The first-order chi connectivity index (χ1) is 9.31. The minimum atomic E-state index is 0.301. The highest BCUT2D eigenvalue weighted by molar-refractivity contribution is 6.63. The van der Waals surface area contributed by atoms with Gasteiger partial charge in [-0.05, 0) is 42.8 Å². The van der Waals surface area contributed by atoms with Gasteiger partial charge in [0.05, 0.1) is 18.7 Å². The first kappa shape index (κ1) is 13.6. The van der Waals surface area contributed by atoms with E-state index in [1.165, 1.54) is 0 Å². The Morgan fingerprint density at radius 2 is 2.21 bits per heavy atom. The number of hydrogen-bond acceptors (Lipinski definition) is 4. The molecule has 4 nitrogen and oxygen atoms in total. The second kappa shape index (κ2) is 6.95. The van der Waals surface area contributed by atoms with E-state index in [0.29, 0.717) is 18.6 Å². The second-order valence-electron chi connectivity index (χ2n) is 3.74. The van der Waals surface area contributed by atoms with Crippen LogP contribution in [0.4, 0.5) is 0 Å². The molecule has 3 rings (SSSR count). The highest BCUT2D eigenvalue weighted by atomic mass is 35.5. The molecule has 2 aromatic rings. The van der Waals surface area contributed by atoms with E-state index in [-0.39, 0.29) is 0 Å². The Balaban J connectivity index is 0.000000186. The molecule has 0 atom stereocenters. The summed E-state index contributed by atoms with van der Waals surface area (Å²) in [5, 5.41) is 1.38. The van der Waals surface area contributed by atoms with E-state index in [9.17, 15) is 0 Å². The molecule has 19 heavy (non-hydrogen) atoms. The lowest BCUT2D eigenvalue weighted by Gasteiger charge is -2.05. The van der Waals surface area contributed by atoms with Gasteiger partial charge in [0.1, 0.15) is 12.4 Å².